The zero-order valence-electron chi connectivity index (χ0n) is 60.1. The largest absolute Gasteiger partial charge is 0.495 e. The second-order valence-corrected chi connectivity index (χ2v) is 27.5. The summed E-state index contributed by atoms with van der Waals surface area (Å²) in [7, 11) is 7.80. The van der Waals surface area contributed by atoms with Crippen molar-refractivity contribution in [2.45, 2.75) is 180 Å². The number of ketones is 2. The number of nitrogens with two attached hydrogens (primary N) is 1. The second kappa shape index (κ2) is 38.5. The van der Waals surface area contributed by atoms with Crippen molar-refractivity contribution in [1.29, 1.82) is 0 Å². The molecule has 0 radical (unpaired) electrons. The van der Waals surface area contributed by atoms with E-state index in [2.05, 4.69) is 62.9 Å². The first kappa shape index (κ1) is 81.5. The van der Waals surface area contributed by atoms with Gasteiger partial charge in [0.2, 0.25) is 17.7 Å². The number of esters is 1. The van der Waals surface area contributed by atoms with Crippen LogP contribution in [-0.2, 0) is 81.5 Å². The molecule has 28 heteroatoms. The van der Waals surface area contributed by atoms with Gasteiger partial charge in [-0.05, 0) is 114 Å². The van der Waals surface area contributed by atoms with Gasteiger partial charge in [0, 0.05) is 109 Å². The predicted molar refractivity (Wildman–Crippen MR) is 375 cm³/mol. The fourth-order valence-corrected chi connectivity index (χ4v) is 13.2. The Bertz CT molecular complexity index is 3380. The Morgan fingerprint density at radius 1 is 0.950 bits per heavy atom. The van der Waals surface area contributed by atoms with Gasteiger partial charge in [0.15, 0.2) is 11.5 Å². The Hall–Kier alpha value is -7.50. The van der Waals surface area contributed by atoms with Crippen LogP contribution in [0.5, 0.6) is 5.75 Å². The number of ether oxygens (including phenoxy) is 7. The van der Waals surface area contributed by atoms with Crippen LogP contribution in [0.15, 0.2) is 66.3 Å². The van der Waals surface area contributed by atoms with Crippen LogP contribution in [-0.4, -0.2) is 214 Å². The lowest BCUT2D eigenvalue weighted by Gasteiger charge is -2.42. The van der Waals surface area contributed by atoms with Crippen LogP contribution < -0.4 is 36.6 Å². The molecule has 11 atom stereocenters. The van der Waals surface area contributed by atoms with E-state index in [9.17, 15) is 53.4 Å². The number of Topliss-reactive ketones (excluding diaryl/α,β-unsaturated/α-hetero) is 2. The Morgan fingerprint density at radius 3 is 2.35 bits per heavy atom. The number of carboxylic acid groups (broad SMARTS) is 1. The SMILES string of the molecule is CCN(C)Cc1cc2ccccc2n1CCC(=O)C[C@@H](CCC(=O)O)CNCCOCCOCCC(=O)N[C@H](C(=O)CC(CCCNC(N)=O)C(=O)N(C)[C@@H](C)C(=O)O[C@H]1CC(=O)N(C)c2cc(cc(OC)c2Cl)C/C(C)=C/C=C/[C@@H](OC)[C@@]2(O)C[C@H](OC(=O)N2)[C@@H](C)[C@@H]2O[C@]12C)C(C)C. The number of urea groups is 1. The first-order valence-corrected chi connectivity index (χ1v) is 34.9. The molecule has 0 aliphatic carbocycles. The molecule has 1 unspecified atom stereocenters. The summed E-state index contributed by atoms with van der Waals surface area (Å²) in [6.07, 6.45) is 0.505. The highest BCUT2D eigenvalue weighted by molar-refractivity contribution is 6.35. The zero-order valence-corrected chi connectivity index (χ0v) is 60.8. The van der Waals surface area contributed by atoms with Crippen molar-refractivity contribution < 1.29 is 86.5 Å². The molecule has 6 amide bonds. The number of amides is 6. The van der Waals surface area contributed by atoms with Crippen LogP contribution in [0.25, 0.3) is 10.9 Å². The molecule has 27 nitrogen and oxygen atoms in total. The van der Waals surface area contributed by atoms with Crippen LogP contribution in [0.3, 0.4) is 0 Å². The van der Waals surface area contributed by atoms with E-state index < -0.39 is 120 Å². The monoisotopic (exact) mass is 1420 g/mol. The van der Waals surface area contributed by atoms with E-state index in [0.29, 0.717) is 56.9 Å². The number of carboxylic acids is 1. The van der Waals surface area contributed by atoms with E-state index in [1.807, 2.05) is 25.1 Å². The number of aliphatic carboxylic acids is 1. The van der Waals surface area contributed by atoms with Crippen molar-refractivity contribution in [2.24, 2.45) is 29.4 Å². The van der Waals surface area contributed by atoms with Gasteiger partial charge in [-0.25, -0.2) is 14.4 Å². The van der Waals surface area contributed by atoms with Crippen LogP contribution in [0, 0.1) is 23.7 Å². The van der Waals surface area contributed by atoms with Gasteiger partial charge in [0.25, 0.3) is 0 Å². The van der Waals surface area contributed by atoms with Gasteiger partial charge < -0.3 is 84.3 Å². The zero-order chi connectivity index (χ0) is 73.6. The van der Waals surface area contributed by atoms with E-state index in [1.165, 1.54) is 40.1 Å². The number of para-hydroxylation sites is 1. The number of aliphatic hydroxyl groups is 1. The number of epoxide rings is 1. The molecule has 0 saturated carbocycles. The molecule has 3 aromatic rings. The number of aromatic nitrogens is 1. The maximum atomic E-state index is 14.7. The number of methoxy groups -OCH3 is 2. The molecule has 3 aliphatic heterocycles. The number of carbonyl (C=O) groups excluding carboxylic acids is 8. The molecule has 3 aliphatic rings. The Balaban J connectivity index is 1.04. The van der Waals surface area contributed by atoms with Crippen LogP contribution in [0.4, 0.5) is 15.3 Å². The van der Waals surface area contributed by atoms with Crippen LogP contribution >= 0.6 is 11.6 Å². The van der Waals surface area contributed by atoms with Crippen molar-refractivity contribution >= 4 is 81.5 Å². The highest BCUT2D eigenvalue weighted by atomic mass is 35.5. The summed E-state index contributed by atoms with van der Waals surface area (Å²) >= 11 is 6.88. The van der Waals surface area contributed by atoms with Gasteiger partial charge in [-0.2, -0.15) is 0 Å². The maximum absolute atomic E-state index is 14.7. The number of carbonyl (C=O) groups is 9. The quantitative estimate of drug-likeness (QED) is 0.0181. The summed E-state index contributed by atoms with van der Waals surface area (Å²) < 4.78 is 43.4. The van der Waals surface area contributed by atoms with Crippen molar-refractivity contribution in [1.82, 2.24) is 35.6 Å². The standard InChI is InChI=1S/C72H106ClN9O18/c1-13-79(8)43-52-38-50-19-14-15-21-54(50)82(52)29-25-53(83)35-48(23-24-63(87)88)42-75-28-31-97-33-32-96-30-26-61(85)77-65(44(2)3)56(84)39-51(20-17-27-76-69(74)91)67(89)80(9)47(6)68(90)99-60-40-62(86)81(10)55-36-49(37-57(94-11)64(55)73)34-45(4)18-16-22-59(95-12)72(93)41-58(98-70(92)78-72)46(5)66-71(60,7)100-66/h14-16,18-19,21-22,36-38,44,46-48,51,58-60,65-66,75,93H,13,17,20,23-35,39-43H2,1-12H3,(H,77,85)(H,78,92)(H,87,88)(H3,74,76,91)/b22-16+,45-18+/t46-,47+,48-,51?,58+,59-,60+,65+,66+,71-,72+/m1/s1. The third kappa shape index (κ3) is 23.3. The van der Waals surface area contributed by atoms with E-state index in [-0.39, 0.29) is 88.0 Å². The smallest absolute Gasteiger partial charge is 0.409 e. The number of allylic oxidation sites excluding steroid dienone is 3. The van der Waals surface area contributed by atoms with Gasteiger partial charge in [-0.3, -0.25) is 34.1 Å². The lowest BCUT2D eigenvalue weighted by molar-refractivity contribution is -0.163. The molecular weight excluding hydrogens is 1310 g/mol. The highest BCUT2D eigenvalue weighted by Gasteiger charge is 2.64. The summed E-state index contributed by atoms with van der Waals surface area (Å²) in [6, 6.07) is 10.6. The van der Waals surface area contributed by atoms with Crippen molar-refractivity contribution in [3.8, 4) is 5.75 Å². The highest BCUT2D eigenvalue weighted by Crippen LogP contribution is 2.49. The second-order valence-electron chi connectivity index (χ2n) is 27.1. The third-order valence-corrected chi connectivity index (χ3v) is 19.5. The van der Waals surface area contributed by atoms with Gasteiger partial charge in [-0.15, -0.1) is 0 Å². The van der Waals surface area contributed by atoms with E-state index >= 15 is 0 Å². The maximum Gasteiger partial charge on any atom is 0.409 e. The van der Waals surface area contributed by atoms with Crippen molar-refractivity contribution in [2.75, 3.05) is 92.9 Å². The number of hydrogen-bond acceptors (Lipinski definition) is 19. The van der Waals surface area contributed by atoms with Gasteiger partial charge >= 0.3 is 24.1 Å². The fraction of sp³-hybridized carbons (Fsp3) is 0.625. The molecule has 6 rings (SSSR count). The summed E-state index contributed by atoms with van der Waals surface area (Å²) in [4.78, 5) is 126. The molecule has 1 aromatic heterocycles. The topological polar surface area (TPSA) is 351 Å². The number of anilines is 1. The van der Waals surface area contributed by atoms with Crippen molar-refractivity contribution in [3.05, 3.63) is 82.5 Å². The number of benzene rings is 2. The first-order chi connectivity index (χ1) is 47.4. The molecule has 2 fully saturated rings. The average molecular weight is 1420 g/mol. The molecule has 0 spiro atoms. The number of rotatable bonds is 37. The molecular formula is C72H106ClN9O18. The number of halogens is 1. The number of likely N-dealkylation sites (N-methyl/N-ethyl adjacent to an activating group) is 1. The minimum absolute atomic E-state index is 0.00723. The molecule has 2 saturated heterocycles. The van der Waals surface area contributed by atoms with Crippen molar-refractivity contribution in [3.63, 3.8) is 0 Å². The predicted octanol–water partition coefficient (Wildman–Crippen LogP) is 6.63. The van der Waals surface area contributed by atoms with Crippen LogP contribution in [0.2, 0.25) is 5.02 Å². The number of nitrogens with one attached hydrogen (secondary N) is 4. The average Bonchev–Trinajstić information content (AvgIpc) is 1.58. The lowest BCUT2D eigenvalue weighted by atomic mass is 9.83. The summed E-state index contributed by atoms with van der Waals surface area (Å²) in [6.45, 7) is 16.1. The van der Waals surface area contributed by atoms with E-state index in [0.717, 1.165) is 45.7 Å². The van der Waals surface area contributed by atoms with Gasteiger partial charge in [0.1, 0.15) is 46.5 Å². The van der Waals surface area contributed by atoms with Crippen LogP contribution in [0.1, 0.15) is 124 Å². The first-order valence-electron chi connectivity index (χ1n) is 34.5. The van der Waals surface area contributed by atoms with E-state index in [1.54, 1.807) is 52.0 Å². The summed E-state index contributed by atoms with van der Waals surface area (Å²) in [5.41, 5.74) is 6.11. The molecule has 8 N–H and O–H groups in total. The fourth-order valence-electron chi connectivity index (χ4n) is 12.8. The van der Waals surface area contributed by atoms with Gasteiger partial charge in [-0.1, -0.05) is 81.3 Å². The molecule has 4 bridgehead atoms. The van der Waals surface area contributed by atoms with Gasteiger partial charge in [0.05, 0.1) is 57.8 Å². The molecule has 554 valence electrons. The number of hydrogen-bond donors (Lipinski definition) is 7. The Labute approximate surface area is 591 Å². The molecule has 2 aromatic carbocycles. The number of nitrogens with zero attached hydrogens (tertiary/aromatic N) is 4. The lowest BCUT2D eigenvalue weighted by Crippen LogP contribution is -2.63. The molecule has 100 heavy (non-hydrogen) atoms. The summed E-state index contributed by atoms with van der Waals surface area (Å²) in [5, 5.41) is 33.8. The minimum Gasteiger partial charge on any atom is -0.495 e. The van der Waals surface area contributed by atoms with E-state index in [4.69, 9.17) is 50.5 Å². The number of aryl methyl sites for hydroxylation is 1. The number of alkyl carbamates (subject to hydrolysis) is 1. The molecule has 4 heterocycles. The Kier molecular flexibility index (Phi) is 31.4. The normalized spacial score (nSPS) is 23.0. The Morgan fingerprint density at radius 2 is 1.67 bits per heavy atom. The minimum atomic E-state index is -1.93. The summed E-state index contributed by atoms with van der Waals surface area (Å²) in [5.74, 6) is -5.94. The number of primary amides is 1. The third-order valence-electron chi connectivity index (χ3n) is 19.1. The number of fused-ring (bicyclic) bond motifs is 6.